The normalized spacial score (nSPS) is 11.8. The van der Waals surface area contributed by atoms with Crippen molar-refractivity contribution in [2.75, 3.05) is 13.7 Å². The lowest BCUT2D eigenvalue weighted by molar-refractivity contribution is 0.414. The molecule has 0 spiro atoms. The van der Waals surface area contributed by atoms with E-state index in [0.29, 0.717) is 6.04 Å². The Hall–Kier alpha value is -1.46. The van der Waals surface area contributed by atoms with Crippen LogP contribution in [-0.4, -0.2) is 13.7 Å². The van der Waals surface area contributed by atoms with Gasteiger partial charge < -0.3 is 10.1 Å². The first kappa shape index (κ1) is 13.6. The Kier molecular flexibility index (Phi) is 6.21. The van der Waals surface area contributed by atoms with Crippen LogP contribution in [0.1, 0.15) is 37.8 Å². The number of hydrogen-bond acceptors (Lipinski definition) is 2. The lowest BCUT2D eigenvalue weighted by atomic mass is 10.0. The van der Waals surface area contributed by atoms with Crippen molar-refractivity contribution in [3.8, 4) is 18.1 Å². The van der Waals surface area contributed by atoms with Crippen LogP contribution in [0.15, 0.2) is 24.3 Å². The fourth-order valence-corrected chi connectivity index (χ4v) is 1.77. The minimum Gasteiger partial charge on any atom is -0.497 e. The van der Waals surface area contributed by atoms with E-state index in [4.69, 9.17) is 11.2 Å². The molecule has 2 heteroatoms. The Morgan fingerprint density at radius 3 is 2.59 bits per heavy atom. The van der Waals surface area contributed by atoms with Crippen molar-refractivity contribution >= 4 is 0 Å². The minimum absolute atomic E-state index is 0.344. The van der Waals surface area contributed by atoms with E-state index in [2.05, 4.69) is 30.3 Å². The van der Waals surface area contributed by atoms with Crippen molar-refractivity contribution in [1.82, 2.24) is 5.32 Å². The maximum Gasteiger partial charge on any atom is 0.118 e. The fourth-order valence-electron chi connectivity index (χ4n) is 1.77. The third-order valence-electron chi connectivity index (χ3n) is 2.74. The molecule has 0 fully saturated rings. The van der Waals surface area contributed by atoms with Crippen molar-refractivity contribution < 1.29 is 4.74 Å². The lowest BCUT2D eigenvalue weighted by Crippen LogP contribution is -2.22. The highest BCUT2D eigenvalue weighted by molar-refractivity contribution is 5.29. The van der Waals surface area contributed by atoms with E-state index in [9.17, 15) is 0 Å². The maximum absolute atomic E-state index is 5.33. The van der Waals surface area contributed by atoms with Crippen LogP contribution in [0.2, 0.25) is 0 Å². The second kappa shape index (κ2) is 7.76. The summed E-state index contributed by atoms with van der Waals surface area (Å²) in [4.78, 5) is 0. The molecule has 1 N–H and O–H groups in total. The summed E-state index contributed by atoms with van der Waals surface area (Å²) in [6.45, 7) is 3.18. The molecular formula is C15H21NO. The molecule has 1 rings (SSSR count). The van der Waals surface area contributed by atoms with Crippen LogP contribution < -0.4 is 10.1 Å². The van der Waals surface area contributed by atoms with Crippen molar-refractivity contribution in [3.63, 3.8) is 0 Å². The van der Waals surface area contributed by atoms with Gasteiger partial charge in [-0.1, -0.05) is 19.1 Å². The van der Waals surface area contributed by atoms with Gasteiger partial charge in [-0.15, -0.1) is 12.3 Å². The van der Waals surface area contributed by atoms with Gasteiger partial charge in [-0.05, 0) is 37.1 Å². The van der Waals surface area contributed by atoms with E-state index in [1.54, 1.807) is 7.11 Å². The molecule has 0 radical (unpaired) electrons. The third kappa shape index (κ3) is 4.50. The second-order valence-corrected chi connectivity index (χ2v) is 4.02. The van der Waals surface area contributed by atoms with E-state index in [0.717, 1.165) is 31.6 Å². The maximum atomic E-state index is 5.33. The Labute approximate surface area is 104 Å². The summed E-state index contributed by atoms with van der Waals surface area (Å²) >= 11 is 0. The monoisotopic (exact) mass is 231 g/mol. The van der Waals surface area contributed by atoms with E-state index in [1.807, 2.05) is 12.1 Å². The van der Waals surface area contributed by atoms with Gasteiger partial charge in [0.25, 0.3) is 0 Å². The SMILES string of the molecule is C#CCCC(NCCC)c1ccc(OC)cc1. The first-order chi connectivity index (χ1) is 8.31. The Balaban J connectivity index is 2.69. The summed E-state index contributed by atoms with van der Waals surface area (Å²) in [5, 5.41) is 3.52. The average molecular weight is 231 g/mol. The minimum atomic E-state index is 0.344. The van der Waals surface area contributed by atoms with Crippen molar-refractivity contribution in [2.24, 2.45) is 0 Å². The van der Waals surface area contributed by atoms with E-state index in [-0.39, 0.29) is 0 Å². The molecule has 1 unspecified atom stereocenters. The van der Waals surface area contributed by atoms with Gasteiger partial charge in [0.2, 0.25) is 0 Å². The molecule has 0 saturated heterocycles. The standard InChI is InChI=1S/C15H21NO/c1-4-6-7-15(16-12-5-2)13-8-10-14(17-3)11-9-13/h1,8-11,15-16H,5-7,12H2,2-3H3. The Morgan fingerprint density at radius 1 is 1.35 bits per heavy atom. The largest absolute Gasteiger partial charge is 0.497 e. The smallest absolute Gasteiger partial charge is 0.118 e. The van der Waals surface area contributed by atoms with Gasteiger partial charge in [-0.2, -0.15) is 0 Å². The molecule has 0 amide bonds. The van der Waals surface area contributed by atoms with Crippen LogP contribution in [0.5, 0.6) is 5.75 Å². The van der Waals surface area contributed by atoms with Gasteiger partial charge in [0.15, 0.2) is 0 Å². The molecule has 0 aliphatic heterocycles. The summed E-state index contributed by atoms with van der Waals surface area (Å²) in [7, 11) is 1.68. The molecule has 1 aromatic rings. The predicted octanol–water partition coefficient (Wildman–Crippen LogP) is 3.15. The molecule has 1 atom stereocenters. The predicted molar refractivity (Wildman–Crippen MR) is 72.1 cm³/mol. The first-order valence-electron chi connectivity index (χ1n) is 6.12. The molecule has 0 aromatic heterocycles. The molecule has 92 valence electrons. The van der Waals surface area contributed by atoms with Crippen LogP contribution in [0.25, 0.3) is 0 Å². The number of methoxy groups -OCH3 is 1. The quantitative estimate of drug-likeness (QED) is 0.728. The number of hydrogen-bond donors (Lipinski definition) is 1. The van der Waals surface area contributed by atoms with Gasteiger partial charge in [-0.3, -0.25) is 0 Å². The fraction of sp³-hybridized carbons (Fsp3) is 0.467. The van der Waals surface area contributed by atoms with Crippen LogP contribution >= 0.6 is 0 Å². The molecule has 0 aliphatic carbocycles. The summed E-state index contributed by atoms with van der Waals surface area (Å²) < 4.78 is 5.16. The van der Waals surface area contributed by atoms with Gasteiger partial charge in [0.05, 0.1) is 7.11 Å². The zero-order chi connectivity index (χ0) is 12.5. The molecule has 0 aliphatic rings. The zero-order valence-electron chi connectivity index (χ0n) is 10.7. The van der Waals surface area contributed by atoms with Gasteiger partial charge in [0, 0.05) is 12.5 Å². The summed E-state index contributed by atoms with van der Waals surface area (Å²) in [5.41, 5.74) is 1.27. The highest BCUT2D eigenvalue weighted by atomic mass is 16.5. The van der Waals surface area contributed by atoms with Crippen molar-refractivity contribution in [3.05, 3.63) is 29.8 Å². The molecule has 17 heavy (non-hydrogen) atoms. The Bertz CT molecular complexity index is 350. The zero-order valence-corrected chi connectivity index (χ0v) is 10.7. The van der Waals surface area contributed by atoms with Gasteiger partial charge in [0.1, 0.15) is 5.75 Å². The summed E-state index contributed by atoms with van der Waals surface area (Å²) in [6.07, 6.45) is 8.23. The summed E-state index contributed by atoms with van der Waals surface area (Å²) in [6, 6.07) is 8.53. The number of ether oxygens (including phenoxy) is 1. The van der Waals surface area contributed by atoms with E-state index in [1.165, 1.54) is 5.56 Å². The molecule has 0 heterocycles. The molecule has 2 nitrogen and oxygen atoms in total. The highest BCUT2D eigenvalue weighted by Crippen LogP contribution is 2.21. The number of benzene rings is 1. The molecule has 0 saturated carbocycles. The van der Waals surface area contributed by atoms with Crippen LogP contribution in [-0.2, 0) is 0 Å². The average Bonchev–Trinajstić information content (AvgIpc) is 2.39. The topological polar surface area (TPSA) is 21.3 Å². The number of terminal acetylenes is 1. The Morgan fingerprint density at radius 2 is 2.06 bits per heavy atom. The molecule has 1 aromatic carbocycles. The molecule has 0 bridgehead atoms. The van der Waals surface area contributed by atoms with Crippen molar-refractivity contribution in [2.45, 2.75) is 32.2 Å². The number of rotatable bonds is 7. The van der Waals surface area contributed by atoms with Gasteiger partial charge >= 0.3 is 0 Å². The lowest BCUT2D eigenvalue weighted by Gasteiger charge is -2.18. The van der Waals surface area contributed by atoms with E-state index >= 15 is 0 Å². The van der Waals surface area contributed by atoms with Crippen LogP contribution in [0, 0.1) is 12.3 Å². The van der Waals surface area contributed by atoms with E-state index < -0.39 is 0 Å². The molecular weight excluding hydrogens is 210 g/mol. The second-order valence-electron chi connectivity index (χ2n) is 4.02. The van der Waals surface area contributed by atoms with Crippen LogP contribution in [0.4, 0.5) is 0 Å². The summed E-state index contributed by atoms with van der Waals surface area (Å²) in [5.74, 6) is 3.59. The van der Waals surface area contributed by atoms with Crippen molar-refractivity contribution in [1.29, 1.82) is 0 Å². The third-order valence-corrected chi connectivity index (χ3v) is 2.74. The van der Waals surface area contributed by atoms with Gasteiger partial charge in [-0.25, -0.2) is 0 Å². The first-order valence-corrected chi connectivity index (χ1v) is 6.12. The highest BCUT2D eigenvalue weighted by Gasteiger charge is 2.09. The van der Waals surface area contributed by atoms with Crippen LogP contribution in [0.3, 0.4) is 0 Å². The number of nitrogens with one attached hydrogen (secondary N) is 1.